The lowest BCUT2D eigenvalue weighted by Gasteiger charge is -2.29. The maximum absolute atomic E-state index is 13.3. The van der Waals surface area contributed by atoms with E-state index in [1.165, 1.54) is 6.07 Å². The van der Waals surface area contributed by atoms with Gasteiger partial charge in [-0.1, -0.05) is 29.8 Å². The molecule has 0 aromatic heterocycles. The third-order valence-corrected chi connectivity index (χ3v) is 3.45. The summed E-state index contributed by atoms with van der Waals surface area (Å²) in [6.45, 7) is 5.73. The number of nitrogens with two attached hydrogens (primary N) is 1. The van der Waals surface area contributed by atoms with Gasteiger partial charge < -0.3 is 5.73 Å². The van der Waals surface area contributed by atoms with E-state index < -0.39 is 0 Å². The Morgan fingerprint density at radius 3 is 2.59 bits per heavy atom. The zero-order valence-corrected chi connectivity index (χ0v) is 12.2. The highest BCUT2D eigenvalue weighted by Gasteiger charge is 2.19. The summed E-state index contributed by atoms with van der Waals surface area (Å²) in [5, 5.41) is 0. The molecule has 17 heavy (non-hydrogen) atoms. The van der Waals surface area contributed by atoms with Gasteiger partial charge in [-0.15, -0.1) is 0 Å². The third-order valence-electron chi connectivity index (χ3n) is 2.73. The van der Waals surface area contributed by atoms with Crippen LogP contribution in [0.15, 0.2) is 22.7 Å². The van der Waals surface area contributed by atoms with Gasteiger partial charge in [-0.2, -0.15) is 0 Å². The minimum absolute atomic E-state index is 0.0440. The SMILES string of the molecule is CC(C)CN(C)C(CN)c1cc(F)ccc1Br. The zero-order chi connectivity index (χ0) is 13.0. The van der Waals surface area contributed by atoms with Gasteiger partial charge in [0.15, 0.2) is 0 Å². The fraction of sp³-hybridized carbons (Fsp3) is 0.538. The van der Waals surface area contributed by atoms with Crippen molar-refractivity contribution >= 4 is 15.9 Å². The van der Waals surface area contributed by atoms with Crippen LogP contribution >= 0.6 is 15.9 Å². The molecule has 0 aliphatic carbocycles. The second kappa shape index (κ2) is 6.47. The molecule has 0 saturated carbocycles. The lowest BCUT2D eigenvalue weighted by atomic mass is 10.0. The smallest absolute Gasteiger partial charge is 0.123 e. The summed E-state index contributed by atoms with van der Waals surface area (Å²) in [7, 11) is 2.02. The molecule has 0 radical (unpaired) electrons. The van der Waals surface area contributed by atoms with E-state index in [0.717, 1.165) is 16.6 Å². The fourth-order valence-corrected chi connectivity index (χ4v) is 2.53. The van der Waals surface area contributed by atoms with Crippen LogP contribution in [-0.2, 0) is 0 Å². The maximum Gasteiger partial charge on any atom is 0.123 e. The van der Waals surface area contributed by atoms with E-state index in [9.17, 15) is 4.39 Å². The van der Waals surface area contributed by atoms with Crippen molar-refractivity contribution in [1.29, 1.82) is 0 Å². The molecule has 2 N–H and O–H groups in total. The number of rotatable bonds is 5. The second-order valence-corrected chi connectivity index (χ2v) is 5.61. The predicted molar refractivity (Wildman–Crippen MR) is 73.4 cm³/mol. The molecule has 0 amide bonds. The van der Waals surface area contributed by atoms with Gasteiger partial charge in [0, 0.05) is 23.6 Å². The molecule has 96 valence electrons. The molecule has 1 aromatic carbocycles. The van der Waals surface area contributed by atoms with E-state index in [0.29, 0.717) is 12.5 Å². The third kappa shape index (κ3) is 4.05. The Morgan fingerprint density at radius 1 is 1.41 bits per heavy atom. The largest absolute Gasteiger partial charge is 0.329 e. The molecule has 0 heterocycles. The van der Waals surface area contributed by atoms with Crippen molar-refractivity contribution in [2.24, 2.45) is 11.7 Å². The van der Waals surface area contributed by atoms with Gasteiger partial charge in [-0.25, -0.2) is 4.39 Å². The summed E-state index contributed by atoms with van der Waals surface area (Å²) in [6, 6.07) is 4.78. The van der Waals surface area contributed by atoms with E-state index in [-0.39, 0.29) is 11.9 Å². The summed E-state index contributed by atoms with van der Waals surface area (Å²) >= 11 is 3.46. The summed E-state index contributed by atoms with van der Waals surface area (Å²) in [5.41, 5.74) is 6.73. The monoisotopic (exact) mass is 302 g/mol. The molecular weight excluding hydrogens is 283 g/mol. The number of halogens is 2. The molecule has 0 spiro atoms. The minimum atomic E-state index is -0.223. The highest BCUT2D eigenvalue weighted by Crippen LogP contribution is 2.27. The van der Waals surface area contributed by atoms with Crippen molar-refractivity contribution < 1.29 is 4.39 Å². The molecular formula is C13H20BrFN2. The van der Waals surface area contributed by atoms with Gasteiger partial charge in [0.2, 0.25) is 0 Å². The lowest BCUT2D eigenvalue weighted by Crippen LogP contribution is -2.33. The molecule has 0 aliphatic heterocycles. The van der Waals surface area contributed by atoms with Crippen LogP contribution in [0.3, 0.4) is 0 Å². The van der Waals surface area contributed by atoms with E-state index in [1.807, 2.05) is 7.05 Å². The molecule has 2 nitrogen and oxygen atoms in total. The first-order chi connectivity index (χ1) is 7.95. The van der Waals surface area contributed by atoms with Crippen molar-refractivity contribution in [2.45, 2.75) is 19.9 Å². The Kier molecular flexibility index (Phi) is 5.56. The van der Waals surface area contributed by atoms with Crippen LogP contribution in [0.4, 0.5) is 4.39 Å². The first-order valence-corrected chi connectivity index (χ1v) is 6.60. The number of hydrogen-bond acceptors (Lipinski definition) is 2. The van der Waals surface area contributed by atoms with Crippen LogP contribution < -0.4 is 5.73 Å². The Labute approximate surface area is 111 Å². The average Bonchev–Trinajstić information content (AvgIpc) is 2.23. The normalized spacial score (nSPS) is 13.4. The maximum atomic E-state index is 13.3. The van der Waals surface area contributed by atoms with E-state index in [4.69, 9.17) is 5.73 Å². The van der Waals surface area contributed by atoms with Gasteiger partial charge in [-0.3, -0.25) is 4.90 Å². The quantitative estimate of drug-likeness (QED) is 0.905. The van der Waals surface area contributed by atoms with E-state index in [1.54, 1.807) is 12.1 Å². The molecule has 4 heteroatoms. The molecule has 1 unspecified atom stereocenters. The first kappa shape index (κ1) is 14.6. The highest BCUT2D eigenvalue weighted by atomic mass is 79.9. The molecule has 1 rings (SSSR count). The average molecular weight is 303 g/mol. The van der Waals surface area contributed by atoms with Crippen molar-refractivity contribution in [3.05, 3.63) is 34.1 Å². The van der Waals surface area contributed by atoms with Crippen molar-refractivity contribution in [2.75, 3.05) is 20.1 Å². The van der Waals surface area contributed by atoms with Gasteiger partial charge in [0.1, 0.15) is 5.82 Å². The number of likely N-dealkylation sites (N-methyl/N-ethyl adjacent to an activating group) is 1. The molecule has 0 bridgehead atoms. The first-order valence-electron chi connectivity index (χ1n) is 5.81. The topological polar surface area (TPSA) is 29.3 Å². The van der Waals surface area contributed by atoms with Gasteiger partial charge in [0.25, 0.3) is 0 Å². The van der Waals surface area contributed by atoms with Crippen molar-refractivity contribution in [1.82, 2.24) is 4.90 Å². The second-order valence-electron chi connectivity index (χ2n) is 4.75. The molecule has 0 fully saturated rings. The minimum Gasteiger partial charge on any atom is -0.329 e. The Balaban J connectivity index is 2.96. The summed E-state index contributed by atoms with van der Waals surface area (Å²) < 4.78 is 14.2. The van der Waals surface area contributed by atoms with Crippen molar-refractivity contribution in [3.63, 3.8) is 0 Å². The summed E-state index contributed by atoms with van der Waals surface area (Å²) in [5.74, 6) is 0.334. The molecule has 0 aliphatic rings. The van der Waals surface area contributed by atoms with Crippen LogP contribution in [0.1, 0.15) is 25.5 Å². The predicted octanol–water partition coefficient (Wildman–Crippen LogP) is 3.18. The van der Waals surface area contributed by atoms with Crippen LogP contribution in [0, 0.1) is 11.7 Å². The van der Waals surface area contributed by atoms with Crippen molar-refractivity contribution in [3.8, 4) is 0 Å². The fourth-order valence-electron chi connectivity index (χ4n) is 2.02. The Hall–Kier alpha value is -0.450. The molecule has 1 atom stereocenters. The summed E-state index contributed by atoms with van der Waals surface area (Å²) in [4.78, 5) is 2.17. The number of benzene rings is 1. The molecule has 1 aromatic rings. The van der Waals surface area contributed by atoms with Crippen LogP contribution in [-0.4, -0.2) is 25.0 Å². The van der Waals surface area contributed by atoms with E-state index >= 15 is 0 Å². The molecule has 0 saturated heterocycles. The van der Waals surface area contributed by atoms with Gasteiger partial charge >= 0.3 is 0 Å². The van der Waals surface area contributed by atoms with Crippen LogP contribution in [0.5, 0.6) is 0 Å². The standard InChI is InChI=1S/C13H20BrFN2/c1-9(2)8-17(3)13(7-16)11-6-10(15)4-5-12(11)14/h4-6,9,13H,7-8,16H2,1-3H3. The Morgan fingerprint density at radius 2 is 2.06 bits per heavy atom. The highest BCUT2D eigenvalue weighted by molar-refractivity contribution is 9.10. The van der Waals surface area contributed by atoms with Gasteiger partial charge in [-0.05, 0) is 36.7 Å². The Bertz CT molecular complexity index is 368. The lowest BCUT2D eigenvalue weighted by molar-refractivity contribution is 0.223. The summed E-state index contributed by atoms with van der Waals surface area (Å²) in [6.07, 6.45) is 0. The van der Waals surface area contributed by atoms with E-state index in [2.05, 4.69) is 34.7 Å². The number of nitrogens with zero attached hydrogens (tertiary/aromatic N) is 1. The van der Waals surface area contributed by atoms with Gasteiger partial charge in [0.05, 0.1) is 0 Å². The van der Waals surface area contributed by atoms with Crippen LogP contribution in [0.25, 0.3) is 0 Å². The number of hydrogen-bond donors (Lipinski definition) is 1. The van der Waals surface area contributed by atoms with Crippen LogP contribution in [0.2, 0.25) is 0 Å². The zero-order valence-electron chi connectivity index (χ0n) is 10.6.